The number of rotatable bonds is 7. The number of carbonyl (C=O) groups is 2. The Bertz CT molecular complexity index is 363. The number of nitrogens with one attached hydrogen (secondary N) is 1. The average Bonchev–Trinajstić information content (AvgIpc) is 3.06. The molecule has 2 heterocycles. The number of amides is 2. The number of carbonyl (C=O) groups excluding carboxylic acids is 2. The molecule has 0 radical (unpaired) electrons. The van der Waals surface area contributed by atoms with Gasteiger partial charge in [0.25, 0.3) is 5.91 Å². The Labute approximate surface area is 131 Å². The number of nitrogens with zero attached hydrogens (tertiary/aromatic N) is 1. The highest BCUT2D eigenvalue weighted by Gasteiger charge is 2.31. The molecule has 0 aliphatic carbocycles. The second-order valence-corrected chi connectivity index (χ2v) is 5.71. The van der Waals surface area contributed by atoms with E-state index in [0.29, 0.717) is 32.9 Å². The van der Waals surface area contributed by atoms with Crippen LogP contribution in [0.2, 0.25) is 0 Å². The van der Waals surface area contributed by atoms with E-state index in [-0.39, 0.29) is 30.6 Å². The molecule has 0 aromatic rings. The van der Waals surface area contributed by atoms with Crippen LogP contribution < -0.4 is 5.32 Å². The first kappa shape index (κ1) is 17.2. The summed E-state index contributed by atoms with van der Waals surface area (Å²) in [4.78, 5) is 25.8. The van der Waals surface area contributed by atoms with Crippen molar-refractivity contribution in [3.05, 3.63) is 0 Å². The topological polar surface area (TPSA) is 77.1 Å². The molecule has 22 heavy (non-hydrogen) atoms. The number of piperidine rings is 1. The van der Waals surface area contributed by atoms with E-state index in [0.717, 1.165) is 25.7 Å². The van der Waals surface area contributed by atoms with Crippen LogP contribution in [0.1, 0.15) is 25.7 Å². The van der Waals surface area contributed by atoms with Gasteiger partial charge in [-0.2, -0.15) is 0 Å². The Morgan fingerprint density at radius 1 is 1.23 bits per heavy atom. The van der Waals surface area contributed by atoms with E-state index in [2.05, 4.69) is 5.32 Å². The van der Waals surface area contributed by atoms with Gasteiger partial charge in [-0.15, -0.1) is 0 Å². The zero-order chi connectivity index (χ0) is 15.8. The normalized spacial score (nSPS) is 22.8. The van der Waals surface area contributed by atoms with Gasteiger partial charge in [-0.3, -0.25) is 9.59 Å². The van der Waals surface area contributed by atoms with E-state index in [9.17, 15) is 9.59 Å². The molecule has 0 saturated carbocycles. The zero-order valence-electron chi connectivity index (χ0n) is 13.2. The summed E-state index contributed by atoms with van der Waals surface area (Å²) >= 11 is 0. The summed E-state index contributed by atoms with van der Waals surface area (Å²) in [6.45, 7) is 2.99. The van der Waals surface area contributed by atoms with Crippen LogP contribution in [0, 0.1) is 0 Å². The predicted octanol–water partition coefficient (Wildman–Crippen LogP) is -0.0644. The van der Waals surface area contributed by atoms with Crippen molar-refractivity contribution in [2.45, 2.75) is 37.8 Å². The third-order valence-electron chi connectivity index (χ3n) is 4.04. The van der Waals surface area contributed by atoms with Gasteiger partial charge in [0.1, 0.15) is 12.7 Å². The third kappa shape index (κ3) is 5.23. The smallest absolute Gasteiger partial charge is 0.251 e. The van der Waals surface area contributed by atoms with Gasteiger partial charge in [0.05, 0.1) is 13.2 Å². The van der Waals surface area contributed by atoms with Gasteiger partial charge in [-0.25, -0.2) is 0 Å². The van der Waals surface area contributed by atoms with Crippen molar-refractivity contribution in [3.8, 4) is 0 Å². The summed E-state index contributed by atoms with van der Waals surface area (Å²) in [5.41, 5.74) is 0. The first-order valence-corrected chi connectivity index (χ1v) is 7.97. The molecule has 2 amide bonds. The van der Waals surface area contributed by atoms with Crippen LogP contribution >= 0.6 is 0 Å². The van der Waals surface area contributed by atoms with Crippen LogP contribution in [0.3, 0.4) is 0 Å². The van der Waals surface area contributed by atoms with Gasteiger partial charge in [0, 0.05) is 32.8 Å². The fourth-order valence-corrected chi connectivity index (χ4v) is 2.80. The lowest BCUT2D eigenvalue weighted by Gasteiger charge is -2.33. The van der Waals surface area contributed by atoms with Crippen LogP contribution in [0.4, 0.5) is 0 Å². The second kappa shape index (κ2) is 9.07. The molecule has 2 fully saturated rings. The lowest BCUT2D eigenvalue weighted by Crippen LogP contribution is -2.49. The maximum absolute atomic E-state index is 12.2. The van der Waals surface area contributed by atoms with Crippen LogP contribution in [-0.2, 0) is 23.8 Å². The van der Waals surface area contributed by atoms with E-state index in [1.54, 1.807) is 7.11 Å². The maximum Gasteiger partial charge on any atom is 0.251 e. The largest absolute Gasteiger partial charge is 0.382 e. The lowest BCUT2D eigenvalue weighted by atomic mass is 10.0. The molecule has 2 aliphatic rings. The standard InChI is InChI=1S/C15H26N2O5/c1-20-9-10-21-11-14(18)16-12-4-6-17(7-5-12)15(19)13-3-2-8-22-13/h12-13H,2-11H2,1H3,(H,16,18). The molecular formula is C15H26N2O5. The summed E-state index contributed by atoms with van der Waals surface area (Å²) in [6.07, 6.45) is 3.10. The molecular weight excluding hydrogens is 288 g/mol. The van der Waals surface area contributed by atoms with Crippen LogP contribution in [0.5, 0.6) is 0 Å². The molecule has 2 saturated heterocycles. The molecule has 7 nitrogen and oxygen atoms in total. The predicted molar refractivity (Wildman–Crippen MR) is 79.4 cm³/mol. The SMILES string of the molecule is COCCOCC(=O)NC1CCN(C(=O)C2CCCO2)CC1. The van der Waals surface area contributed by atoms with Crippen molar-refractivity contribution in [2.75, 3.05) is 46.6 Å². The molecule has 2 aliphatic heterocycles. The highest BCUT2D eigenvalue weighted by atomic mass is 16.5. The minimum absolute atomic E-state index is 0.0540. The minimum atomic E-state index is -0.250. The number of hydrogen-bond donors (Lipinski definition) is 1. The van der Waals surface area contributed by atoms with Gasteiger partial charge < -0.3 is 24.4 Å². The summed E-state index contributed by atoms with van der Waals surface area (Å²) in [5, 5.41) is 2.95. The van der Waals surface area contributed by atoms with Crippen LogP contribution in [0.15, 0.2) is 0 Å². The molecule has 1 atom stereocenters. The fourth-order valence-electron chi connectivity index (χ4n) is 2.80. The molecule has 0 bridgehead atoms. The number of likely N-dealkylation sites (tertiary alicyclic amines) is 1. The summed E-state index contributed by atoms with van der Waals surface area (Å²) in [5.74, 6) is -0.00909. The molecule has 126 valence electrons. The van der Waals surface area contributed by atoms with Crippen LogP contribution in [-0.4, -0.2) is 75.5 Å². The Balaban J connectivity index is 1.62. The van der Waals surface area contributed by atoms with Crippen molar-refractivity contribution in [1.29, 1.82) is 0 Å². The molecule has 1 N–H and O–H groups in total. The average molecular weight is 314 g/mol. The zero-order valence-corrected chi connectivity index (χ0v) is 13.2. The van der Waals surface area contributed by atoms with E-state index >= 15 is 0 Å². The first-order chi connectivity index (χ1) is 10.7. The molecule has 2 rings (SSSR count). The van der Waals surface area contributed by atoms with Crippen molar-refractivity contribution < 1.29 is 23.8 Å². The quantitative estimate of drug-likeness (QED) is 0.666. The highest BCUT2D eigenvalue weighted by molar-refractivity contribution is 5.81. The highest BCUT2D eigenvalue weighted by Crippen LogP contribution is 2.18. The Morgan fingerprint density at radius 3 is 2.64 bits per heavy atom. The number of hydrogen-bond acceptors (Lipinski definition) is 5. The Kier molecular flexibility index (Phi) is 7.08. The fraction of sp³-hybridized carbons (Fsp3) is 0.867. The van der Waals surface area contributed by atoms with Crippen molar-refractivity contribution in [1.82, 2.24) is 10.2 Å². The summed E-state index contributed by atoms with van der Waals surface area (Å²) in [6, 6.07) is 0.118. The van der Waals surface area contributed by atoms with Gasteiger partial charge in [0.15, 0.2) is 0 Å². The van der Waals surface area contributed by atoms with E-state index < -0.39 is 0 Å². The number of ether oxygens (including phenoxy) is 3. The first-order valence-electron chi connectivity index (χ1n) is 7.97. The monoisotopic (exact) mass is 314 g/mol. The Morgan fingerprint density at radius 2 is 2.00 bits per heavy atom. The summed E-state index contributed by atoms with van der Waals surface area (Å²) in [7, 11) is 1.59. The lowest BCUT2D eigenvalue weighted by molar-refractivity contribution is -0.142. The molecule has 0 aromatic carbocycles. The van der Waals surface area contributed by atoms with E-state index in [1.807, 2.05) is 4.90 Å². The minimum Gasteiger partial charge on any atom is -0.382 e. The van der Waals surface area contributed by atoms with Gasteiger partial charge >= 0.3 is 0 Å². The maximum atomic E-state index is 12.2. The van der Waals surface area contributed by atoms with Crippen LogP contribution in [0.25, 0.3) is 0 Å². The van der Waals surface area contributed by atoms with Gasteiger partial charge in [0.2, 0.25) is 5.91 Å². The van der Waals surface area contributed by atoms with Crippen molar-refractivity contribution >= 4 is 11.8 Å². The Hall–Kier alpha value is -1.18. The van der Waals surface area contributed by atoms with Gasteiger partial charge in [-0.05, 0) is 25.7 Å². The molecule has 1 unspecified atom stereocenters. The van der Waals surface area contributed by atoms with Crippen molar-refractivity contribution in [2.24, 2.45) is 0 Å². The van der Waals surface area contributed by atoms with Crippen molar-refractivity contribution in [3.63, 3.8) is 0 Å². The molecule has 0 spiro atoms. The van der Waals surface area contributed by atoms with Gasteiger partial charge in [-0.1, -0.05) is 0 Å². The molecule has 7 heteroatoms. The second-order valence-electron chi connectivity index (χ2n) is 5.71. The summed E-state index contributed by atoms with van der Waals surface area (Å²) < 4.78 is 15.5. The molecule has 0 aromatic heterocycles. The third-order valence-corrected chi connectivity index (χ3v) is 4.04. The van der Waals surface area contributed by atoms with E-state index in [4.69, 9.17) is 14.2 Å². The number of methoxy groups -OCH3 is 1. The van der Waals surface area contributed by atoms with E-state index in [1.165, 1.54) is 0 Å².